The second kappa shape index (κ2) is 3.58. The Balaban J connectivity index is 2.32. The molecule has 1 N–H and O–H groups in total. The van der Waals surface area contributed by atoms with Crippen molar-refractivity contribution in [2.24, 2.45) is 0 Å². The van der Waals surface area contributed by atoms with Gasteiger partial charge in [-0.25, -0.2) is 4.39 Å². The van der Waals surface area contributed by atoms with Gasteiger partial charge in [0.15, 0.2) is 0 Å². The van der Waals surface area contributed by atoms with Crippen molar-refractivity contribution in [3.05, 3.63) is 24.0 Å². The van der Waals surface area contributed by atoms with Crippen LogP contribution in [0, 0.1) is 5.82 Å². The highest BCUT2D eigenvalue weighted by molar-refractivity contribution is 7.99. The Labute approximate surface area is 81.7 Å². The van der Waals surface area contributed by atoms with Crippen LogP contribution >= 0.6 is 11.8 Å². The molecule has 1 aromatic rings. The van der Waals surface area contributed by atoms with Crippen molar-refractivity contribution in [3.8, 4) is 0 Å². The number of hydrogen-bond acceptors (Lipinski definition) is 2. The van der Waals surface area contributed by atoms with Crippen molar-refractivity contribution in [1.82, 2.24) is 0 Å². The maximum Gasteiger partial charge on any atom is 0.147 e. The van der Waals surface area contributed by atoms with Gasteiger partial charge in [0, 0.05) is 16.7 Å². The second-order valence-electron chi connectivity index (χ2n) is 3.17. The van der Waals surface area contributed by atoms with Crippen molar-refractivity contribution in [2.75, 3.05) is 11.1 Å². The third-order valence-electron chi connectivity index (χ3n) is 2.26. The van der Waals surface area contributed by atoms with E-state index in [4.69, 9.17) is 0 Å². The quantitative estimate of drug-likeness (QED) is 0.742. The topological polar surface area (TPSA) is 12.0 Å². The van der Waals surface area contributed by atoms with Crippen LogP contribution in [0.4, 0.5) is 10.1 Å². The normalized spacial score (nSPS) is 20.6. The van der Waals surface area contributed by atoms with Crippen LogP contribution in [0.15, 0.2) is 23.1 Å². The Kier molecular flexibility index (Phi) is 2.44. The highest BCUT2D eigenvalue weighted by atomic mass is 32.2. The number of rotatable bonds is 1. The van der Waals surface area contributed by atoms with Gasteiger partial charge in [0.25, 0.3) is 0 Å². The summed E-state index contributed by atoms with van der Waals surface area (Å²) in [6.07, 6.45) is 1.04. The molecular formula is C10H12FNS. The van der Waals surface area contributed by atoms with E-state index >= 15 is 0 Å². The Morgan fingerprint density at radius 3 is 3.23 bits per heavy atom. The highest BCUT2D eigenvalue weighted by Gasteiger charge is 2.18. The molecule has 0 amide bonds. The van der Waals surface area contributed by atoms with Gasteiger partial charge in [-0.1, -0.05) is 13.0 Å². The van der Waals surface area contributed by atoms with Crippen LogP contribution < -0.4 is 5.32 Å². The van der Waals surface area contributed by atoms with Crippen LogP contribution in [0.1, 0.15) is 13.3 Å². The third kappa shape index (κ3) is 1.66. The summed E-state index contributed by atoms with van der Waals surface area (Å²) in [6.45, 7) is 2.12. The van der Waals surface area contributed by atoms with E-state index < -0.39 is 0 Å². The Hall–Kier alpha value is -0.700. The number of nitrogens with one attached hydrogen (secondary N) is 1. The molecule has 0 radical (unpaired) electrons. The maximum absolute atomic E-state index is 13.3. The monoisotopic (exact) mass is 197 g/mol. The zero-order valence-electron chi connectivity index (χ0n) is 7.51. The van der Waals surface area contributed by atoms with E-state index in [0.29, 0.717) is 11.7 Å². The first-order valence-corrected chi connectivity index (χ1v) is 5.47. The predicted molar refractivity (Wildman–Crippen MR) is 54.8 cm³/mol. The van der Waals surface area contributed by atoms with Gasteiger partial charge in [-0.3, -0.25) is 0 Å². The van der Waals surface area contributed by atoms with Crippen molar-refractivity contribution in [3.63, 3.8) is 0 Å². The van der Waals surface area contributed by atoms with E-state index in [0.717, 1.165) is 17.1 Å². The van der Waals surface area contributed by atoms with E-state index in [1.54, 1.807) is 17.8 Å². The summed E-state index contributed by atoms with van der Waals surface area (Å²) in [5, 5.41) is 3.22. The fraction of sp³-hybridized carbons (Fsp3) is 0.400. The molecule has 0 aromatic heterocycles. The van der Waals surface area contributed by atoms with Crippen molar-refractivity contribution < 1.29 is 4.39 Å². The molecule has 0 fully saturated rings. The number of thioether (sulfide) groups is 1. The lowest BCUT2D eigenvalue weighted by Gasteiger charge is -2.25. The average molecular weight is 197 g/mol. The van der Waals surface area contributed by atoms with Gasteiger partial charge in [0.2, 0.25) is 0 Å². The van der Waals surface area contributed by atoms with Crippen LogP contribution in [-0.4, -0.2) is 11.8 Å². The van der Waals surface area contributed by atoms with Crippen molar-refractivity contribution in [2.45, 2.75) is 24.3 Å². The van der Waals surface area contributed by atoms with Crippen LogP contribution in [0.5, 0.6) is 0 Å². The van der Waals surface area contributed by atoms with E-state index in [-0.39, 0.29) is 5.82 Å². The molecule has 1 aliphatic rings. The van der Waals surface area contributed by atoms with E-state index in [1.807, 2.05) is 6.07 Å². The second-order valence-corrected chi connectivity index (χ2v) is 4.24. The third-order valence-corrected chi connectivity index (χ3v) is 3.48. The minimum absolute atomic E-state index is 0.136. The number of halogens is 1. The minimum Gasteiger partial charge on any atom is -0.378 e. The molecule has 0 saturated carbocycles. The smallest absolute Gasteiger partial charge is 0.147 e. The molecule has 1 aliphatic heterocycles. The molecule has 0 saturated heterocycles. The lowest BCUT2D eigenvalue weighted by molar-refractivity contribution is 0.620. The first-order valence-electron chi connectivity index (χ1n) is 4.49. The number of para-hydroxylation sites is 1. The number of benzene rings is 1. The predicted octanol–water partition coefficient (Wildman–Crippen LogP) is 3.12. The SMILES string of the molecule is CCC1CSc2cccc(F)c2N1. The average Bonchev–Trinajstić information content (AvgIpc) is 2.18. The molecule has 1 nitrogen and oxygen atoms in total. The molecule has 1 heterocycles. The first-order chi connectivity index (χ1) is 6.31. The van der Waals surface area contributed by atoms with Crippen molar-refractivity contribution in [1.29, 1.82) is 0 Å². The van der Waals surface area contributed by atoms with Crippen LogP contribution in [0.2, 0.25) is 0 Å². The Morgan fingerprint density at radius 1 is 1.62 bits per heavy atom. The summed E-state index contributed by atoms with van der Waals surface area (Å²) in [6, 6.07) is 5.64. The lowest BCUT2D eigenvalue weighted by atomic mass is 10.2. The minimum atomic E-state index is -0.136. The fourth-order valence-corrected chi connectivity index (χ4v) is 2.60. The molecule has 1 unspecified atom stereocenters. The highest BCUT2D eigenvalue weighted by Crippen LogP contribution is 2.35. The molecule has 3 heteroatoms. The molecule has 70 valence electrons. The molecular weight excluding hydrogens is 185 g/mol. The van der Waals surface area contributed by atoms with Crippen LogP contribution in [0.25, 0.3) is 0 Å². The largest absolute Gasteiger partial charge is 0.378 e. The fourth-order valence-electron chi connectivity index (χ4n) is 1.42. The van der Waals surface area contributed by atoms with Gasteiger partial charge in [0.1, 0.15) is 5.82 Å². The number of fused-ring (bicyclic) bond motifs is 1. The first kappa shape index (κ1) is 8.88. The van der Waals surface area contributed by atoms with Gasteiger partial charge in [-0.2, -0.15) is 0 Å². The Bertz CT molecular complexity index is 314. The van der Waals surface area contributed by atoms with Gasteiger partial charge < -0.3 is 5.32 Å². The molecule has 13 heavy (non-hydrogen) atoms. The molecule has 1 aromatic carbocycles. The maximum atomic E-state index is 13.3. The molecule has 0 bridgehead atoms. The van der Waals surface area contributed by atoms with Gasteiger partial charge in [-0.15, -0.1) is 11.8 Å². The van der Waals surface area contributed by atoms with E-state index in [2.05, 4.69) is 12.2 Å². The summed E-state index contributed by atoms with van der Waals surface area (Å²) in [4.78, 5) is 1.03. The van der Waals surface area contributed by atoms with E-state index in [9.17, 15) is 4.39 Å². The summed E-state index contributed by atoms with van der Waals surface area (Å²) in [5.74, 6) is 0.899. The number of anilines is 1. The van der Waals surface area contributed by atoms with E-state index in [1.165, 1.54) is 6.07 Å². The van der Waals surface area contributed by atoms with Crippen LogP contribution in [-0.2, 0) is 0 Å². The standard InChI is InChI=1S/C10H12FNS/c1-2-7-6-13-9-5-3-4-8(11)10(9)12-7/h3-5,7,12H,2,6H2,1H3. The summed E-state index contributed by atoms with van der Waals surface area (Å²) < 4.78 is 13.3. The Morgan fingerprint density at radius 2 is 2.46 bits per heavy atom. The molecule has 2 rings (SSSR count). The van der Waals surface area contributed by atoms with Crippen molar-refractivity contribution >= 4 is 17.4 Å². The lowest BCUT2D eigenvalue weighted by Crippen LogP contribution is -2.25. The molecule has 0 spiro atoms. The van der Waals surface area contributed by atoms with Gasteiger partial charge in [-0.05, 0) is 18.6 Å². The zero-order valence-corrected chi connectivity index (χ0v) is 8.33. The van der Waals surface area contributed by atoms with Crippen LogP contribution in [0.3, 0.4) is 0 Å². The summed E-state index contributed by atoms with van der Waals surface area (Å²) in [5.41, 5.74) is 0.686. The number of hydrogen-bond donors (Lipinski definition) is 1. The molecule has 0 aliphatic carbocycles. The van der Waals surface area contributed by atoms with Gasteiger partial charge >= 0.3 is 0 Å². The van der Waals surface area contributed by atoms with Gasteiger partial charge in [0.05, 0.1) is 5.69 Å². The summed E-state index contributed by atoms with van der Waals surface area (Å²) >= 11 is 1.73. The summed E-state index contributed by atoms with van der Waals surface area (Å²) in [7, 11) is 0. The molecule has 1 atom stereocenters. The zero-order chi connectivity index (χ0) is 9.26.